The van der Waals surface area contributed by atoms with Gasteiger partial charge in [0.2, 0.25) is 0 Å². The molecule has 2 aromatic carbocycles. The predicted octanol–water partition coefficient (Wildman–Crippen LogP) is 2.11. The van der Waals surface area contributed by atoms with E-state index in [4.69, 9.17) is 9.26 Å². The van der Waals surface area contributed by atoms with E-state index in [0.29, 0.717) is 46.9 Å². The molecule has 0 bridgehead atoms. The van der Waals surface area contributed by atoms with Crippen molar-refractivity contribution in [3.63, 3.8) is 0 Å². The number of carbonyl (C=O) groups excluding carboxylic acids is 2. The number of amides is 2. The minimum absolute atomic E-state index is 0.0192. The Morgan fingerprint density at radius 3 is 2.81 bits per heavy atom. The lowest BCUT2D eigenvalue weighted by molar-refractivity contribution is 0.0695. The van der Waals surface area contributed by atoms with Crippen LogP contribution in [0.4, 0.5) is 0 Å². The maximum absolute atomic E-state index is 13.5. The molecular formula is C29H23N7O7. The Balaban J connectivity index is 1.11. The summed E-state index contributed by atoms with van der Waals surface area (Å²) in [5.41, 5.74) is 4.33. The van der Waals surface area contributed by atoms with Crippen molar-refractivity contribution in [3.05, 3.63) is 104 Å². The SMILES string of the molecule is Cc1c(C(=O)O)ccc2c1CC[C@@H]2NC(=O)c1cc(C(=O)NCc2ccc3c(c2)-n2c(noc2=O)CO3)nc2ccnn12. The monoisotopic (exact) mass is 581 g/mol. The van der Waals surface area contributed by atoms with Crippen molar-refractivity contribution < 1.29 is 28.8 Å². The summed E-state index contributed by atoms with van der Waals surface area (Å²) in [4.78, 5) is 54.7. The van der Waals surface area contributed by atoms with Crippen LogP contribution in [0.5, 0.6) is 5.75 Å². The molecular weight excluding hydrogens is 558 g/mol. The number of hydrogen-bond donors (Lipinski definition) is 3. The molecule has 3 aromatic heterocycles. The first-order chi connectivity index (χ1) is 20.8. The maximum atomic E-state index is 13.5. The molecule has 14 nitrogen and oxygen atoms in total. The molecule has 0 fully saturated rings. The Morgan fingerprint density at radius 1 is 1.12 bits per heavy atom. The van der Waals surface area contributed by atoms with E-state index in [1.807, 2.05) is 0 Å². The van der Waals surface area contributed by atoms with Crippen LogP contribution in [0.1, 0.15) is 71.9 Å². The Morgan fingerprint density at radius 2 is 1.98 bits per heavy atom. The largest absolute Gasteiger partial charge is 0.483 e. The molecule has 1 aliphatic carbocycles. The van der Waals surface area contributed by atoms with Crippen LogP contribution in [0, 0.1) is 6.92 Å². The van der Waals surface area contributed by atoms with E-state index in [-0.39, 0.29) is 36.1 Å². The van der Waals surface area contributed by atoms with Crippen LogP contribution in [0.2, 0.25) is 0 Å². The van der Waals surface area contributed by atoms with Gasteiger partial charge in [-0.1, -0.05) is 17.3 Å². The Kier molecular flexibility index (Phi) is 6.04. The molecule has 4 heterocycles. The van der Waals surface area contributed by atoms with Gasteiger partial charge in [0.1, 0.15) is 17.1 Å². The highest BCUT2D eigenvalue weighted by Crippen LogP contribution is 2.35. The number of carbonyl (C=O) groups is 3. The third-order valence-corrected chi connectivity index (χ3v) is 7.80. The molecule has 2 aliphatic rings. The third-order valence-electron chi connectivity index (χ3n) is 7.80. The number of carboxylic acids is 1. The second-order valence-electron chi connectivity index (χ2n) is 10.3. The van der Waals surface area contributed by atoms with Crippen LogP contribution in [0.25, 0.3) is 11.3 Å². The first kappa shape index (κ1) is 26.1. The Labute approximate surface area is 241 Å². The van der Waals surface area contributed by atoms with Crippen molar-refractivity contribution in [2.45, 2.75) is 39.0 Å². The summed E-state index contributed by atoms with van der Waals surface area (Å²) in [7, 11) is 0. The lowest BCUT2D eigenvalue weighted by Crippen LogP contribution is -2.30. The van der Waals surface area contributed by atoms with E-state index < -0.39 is 23.5 Å². The van der Waals surface area contributed by atoms with Gasteiger partial charge >= 0.3 is 11.7 Å². The van der Waals surface area contributed by atoms with Crippen LogP contribution in [-0.4, -0.2) is 47.2 Å². The number of hydrogen-bond acceptors (Lipinski definition) is 9. The lowest BCUT2D eigenvalue weighted by atomic mass is 9.98. The molecule has 0 saturated carbocycles. The molecule has 0 spiro atoms. The van der Waals surface area contributed by atoms with Gasteiger partial charge in [-0.3, -0.25) is 14.1 Å². The average Bonchev–Trinajstić information content (AvgIpc) is 3.74. The minimum atomic E-state index is -0.989. The van der Waals surface area contributed by atoms with Crippen LogP contribution >= 0.6 is 0 Å². The lowest BCUT2D eigenvalue weighted by Gasteiger charge is -2.18. The number of aromatic carboxylic acids is 1. The second-order valence-corrected chi connectivity index (χ2v) is 10.3. The first-order valence-corrected chi connectivity index (χ1v) is 13.4. The quantitative estimate of drug-likeness (QED) is 0.268. The molecule has 5 aromatic rings. The van der Waals surface area contributed by atoms with E-state index >= 15 is 0 Å². The van der Waals surface area contributed by atoms with Crippen LogP contribution in [-0.2, 0) is 19.6 Å². The Hall–Kier alpha value is -5.79. The van der Waals surface area contributed by atoms with Crippen molar-refractivity contribution in [2.24, 2.45) is 0 Å². The molecule has 14 heteroatoms. The van der Waals surface area contributed by atoms with Crippen LogP contribution in [0.15, 0.2) is 58.0 Å². The molecule has 216 valence electrons. The maximum Gasteiger partial charge on any atom is 0.446 e. The third kappa shape index (κ3) is 4.39. The molecule has 7 rings (SSSR count). The number of fused-ring (bicyclic) bond motifs is 5. The van der Waals surface area contributed by atoms with Crippen LogP contribution < -0.4 is 21.1 Å². The fourth-order valence-electron chi connectivity index (χ4n) is 5.68. The van der Waals surface area contributed by atoms with Crippen LogP contribution in [0.3, 0.4) is 0 Å². The number of benzene rings is 2. The summed E-state index contributed by atoms with van der Waals surface area (Å²) in [5.74, 6) is -1.77. The van der Waals surface area contributed by atoms with Crippen molar-refractivity contribution in [2.75, 3.05) is 0 Å². The van der Waals surface area contributed by atoms with Gasteiger partial charge in [-0.05, 0) is 60.2 Å². The molecule has 43 heavy (non-hydrogen) atoms. The van der Waals surface area contributed by atoms with Crippen molar-refractivity contribution in [1.29, 1.82) is 0 Å². The fraction of sp³-hybridized carbons (Fsp3) is 0.207. The highest BCUT2D eigenvalue weighted by molar-refractivity contribution is 5.98. The summed E-state index contributed by atoms with van der Waals surface area (Å²) in [5, 5.41) is 23.2. The second kappa shape index (κ2) is 9.94. The molecule has 1 atom stereocenters. The molecule has 0 radical (unpaired) electrons. The minimum Gasteiger partial charge on any atom is -0.483 e. The van der Waals surface area contributed by atoms with E-state index in [0.717, 1.165) is 11.1 Å². The fourth-order valence-corrected chi connectivity index (χ4v) is 5.68. The van der Waals surface area contributed by atoms with E-state index in [9.17, 15) is 24.3 Å². The van der Waals surface area contributed by atoms with Crippen molar-refractivity contribution in [1.82, 2.24) is 35.0 Å². The summed E-state index contributed by atoms with van der Waals surface area (Å²) >= 11 is 0. The smallest absolute Gasteiger partial charge is 0.446 e. The topological polar surface area (TPSA) is 183 Å². The number of rotatable bonds is 6. The summed E-state index contributed by atoms with van der Waals surface area (Å²) < 4.78 is 13.0. The molecule has 0 unspecified atom stereocenters. The number of nitrogens with zero attached hydrogens (tertiary/aromatic N) is 5. The molecule has 1 aliphatic heterocycles. The van der Waals surface area contributed by atoms with Crippen molar-refractivity contribution in [3.8, 4) is 11.4 Å². The standard InChI is InChI=1S/C29H23N7O7/c1-14-16-5-6-19(18(16)4-3-17(14)28(39)40)33-27(38)22-11-20(32-24-8-9-31-36(22)24)26(37)30-12-15-2-7-23-21(10-15)35-25(13-42-23)34-43-29(35)41/h2-4,7-11,19H,5-6,12-13H2,1H3,(H,30,37)(H,33,38)(H,39,40)/t19-/m0/s1. The van der Waals surface area contributed by atoms with Crippen molar-refractivity contribution >= 4 is 23.4 Å². The molecule has 0 saturated heterocycles. The van der Waals surface area contributed by atoms with Gasteiger partial charge in [0.05, 0.1) is 23.5 Å². The zero-order valence-electron chi connectivity index (χ0n) is 22.7. The highest BCUT2D eigenvalue weighted by atomic mass is 16.5. The zero-order chi connectivity index (χ0) is 29.8. The normalized spacial score (nSPS) is 14.9. The Bertz CT molecular complexity index is 2040. The van der Waals surface area contributed by atoms with Gasteiger partial charge in [0, 0.05) is 18.7 Å². The van der Waals surface area contributed by atoms with Gasteiger partial charge in [-0.25, -0.2) is 23.7 Å². The zero-order valence-corrected chi connectivity index (χ0v) is 22.7. The first-order valence-electron chi connectivity index (χ1n) is 13.4. The highest BCUT2D eigenvalue weighted by Gasteiger charge is 2.29. The number of nitrogens with one attached hydrogen (secondary N) is 2. The number of aromatic nitrogens is 5. The van der Waals surface area contributed by atoms with Gasteiger partial charge in [0.25, 0.3) is 11.8 Å². The summed E-state index contributed by atoms with van der Waals surface area (Å²) in [6, 6.07) is 11.1. The van der Waals surface area contributed by atoms with Gasteiger partial charge in [0.15, 0.2) is 18.1 Å². The molecule has 2 amide bonds. The van der Waals surface area contributed by atoms with Gasteiger partial charge < -0.3 is 20.5 Å². The average molecular weight is 582 g/mol. The summed E-state index contributed by atoms with van der Waals surface area (Å²) in [6.07, 6.45) is 2.73. The van der Waals surface area contributed by atoms with Gasteiger partial charge in [-0.15, -0.1) is 0 Å². The summed E-state index contributed by atoms with van der Waals surface area (Å²) in [6.45, 7) is 1.98. The van der Waals surface area contributed by atoms with Gasteiger partial charge in [-0.2, -0.15) is 5.10 Å². The van der Waals surface area contributed by atoms with E-state index in [1.54, 1.807) is 43.3 Å². The number of carboxylic acid groups (broad SMARTS) is 1. The predicted molar refractivity (Wildman–Crippen MR) is 147 cm³/mol. The number of ether oxygens (including phenoxy) is 1. The molecule has 3 N–H and O–H groups in total. The van der Waals surface area contributed by atoms with E-state index in [1.165, 1.54) is 21.3 Å². The van der Waals surface area contributed by atoms with E-state index in [2.05, 4.69) is 25.9 Å².